The number of anilines is 1. The van der Waals surface area contributed by atoms with E-state index in [1.807, 2.05) is 33.8 Å². The first-order chi connectivity index (χ1) is 10.7. The van der Waals surface area contributed by atoms with Crippen LogP contribution in [0.1, 0.15) is 26.3 Å². The third-order valence-corrected chi connectivity index (χ3v) is 3.59. The van der Waals surface area contributed by atoms with Gasteiger partial charge < -0.3 is 20.3 Å². The van der Waals surface area contributed by atoms with Crippen LogP contribution in [-0.4, -0.2) is 43.6 Å². The second-order valence-electron chi connectivity index (χ2n) is 6.21. The standard InChI is InChI=1S/C17H27N3O3/c1-11(2)13(4)18-17(22)19-14-8-7-12(3)9-15(14)23-10-16(21)20(5)6/h7-9,11,13H,10H2,1-6H3,(H2,18,19,22). The summed E-state index contributed by atoms with van der Waals surface area (Å²) in [4.78, 5) is 25.2. The van der Waals surface area contributed by atoms with Crippen LogP contribution in [0.25, 0.3) is 0 Å². The highest BCUT2D eigenvalue weighted by molar-refractivity contribution is 5.91. The number of benzene rings is 1. The van der Waals surface area contributed by atoms with Gasteiger partial charge in [0.2, 0.25) is 0 Å². The summed E-state index contributed by atoms with van der Waals surface area (Å²) in [5.74, 6) is 0.676. The van der Waals surface area contributed by atoms with E-state index < -0.39 is 0 Å². The molecular weight excluding hydrogens is 294 g/mol. The first-order valence-electron chi connectivity index (χ1n) is 7.71. The van der Waals surface area contributed by atoms with Gasteiger partial charge in [0.15, 0.2) is 6.61 Å². The third-order valence-electron chi connectivity index (χ3n) is 3.59. The van der Waals surface area contributed by atoms with Crippen molar-refractivity contribution in [3.8, 4) is 5.75 Å². The number of aryl methyl sites for hydroxylation is 1. The van der Waals surface area contributed by atoms with Gasteiger partial charge in [-0.25, -0.2) is 4.79 Å². The number of nitrogens with zero attached hydrogens (tertiary/aromatic N) is 1. The average Bonchev–Trinajstić information content (AvgIpc) is 2.46. The highest BCUT2D eigenvalue weighted by Crippen LogP contribution is 2.25. The molecule has 0 bridgehead atoms. The van der Waals surface area contributed by atoms with Gasteiger partial charge in [0, 0.05) is 20.1 Å². The van der Waals surface area contributed by atoms with Crippen LogP contribution in [-0.2, 0) is 4.79 Å². The summed E-state index contributed by atoms with van der Waals surface area (Å²) >= 11 is 0. The smallest absolute Gasteiger partial charge is 0.319 e. The minimum atomic E-state index is -0.293. The van der Waals surface area contributed by atoms with Gasteiger partial charge in [-0.2, -0.15) is 0 Å². The Bertz CT molecular complexity index is 556. The molecule has 1 aromatic carbocycles. The lowest BCUT2D eigenvalue weighted by Crippen LogP contribution is -2.39. The summed E-state index contributed by atoms with van der Waals surface area (Å²) in [5, 5.41) is 5.65. The van der Waals surface area contributed by atoms with Crippen LogP contribution in [0.3, 0.4) is 0 Å². The molecule has 3 amide bonds. The predicted molar refractivity (Wildman–Crippen MR) is 91.8 cm³/mol. The molecule has 1 unspecified atom stereocenters. The first-order valence-corrected chi connectivity index (χ1v) is 7.71. The molecule has 6 heteroatoms. The molecule has 0 aliphatic carbocycles. The summed E-state index contributed by atoms with van der Waals surface area (Å²) in [6.45, 7) is 7.88. The number of amides is 3. The Labute approximate surface area is 138 Å². The monoisotopic (exact) mass is 321 g/mol. The van der Waals surface area contributed by atoms with Gasteiger partial charge in [-0.1, -0.05) is 19.9 Å². The molecule has 2 N–H and O–H groups in total. The molecule has 0 aliphatic heterocycles. The van der Waals surface area contributed by atoms with Crippen LogP contribution >= 0.6 is 0 Å². The number of likely N-dealkylation sites (N-methyl/N-ethyl adjacent to an activating group) is 1. The summed E-state index contributed by atoms with van der Waals surface area (Å²) in [7, 11) is 3.34. The number of urea groups is 1. The number of hydrogen-bond acceptors (Lipinski definition) is 3. The van der Waals surface area contributed by atoms with Crippen LogP contribution in [0.2, 0.25) is 0 Å². The fourth-order valence-electron chi connectivity index (χ4n) is 1.65. The molecule has 0 saturated heterocycles. The zero-order valence-electron chi connectivity index (χ0n) is 14.8. The molecule has 0 radical (unpaired) electrons. The van der Waals surface area contributed by atoms with Crippen molar-refractivity contribution in [1.29, 1.82) is 0 Å². The summed E-state index contributed by atoms with van der Waals surface area (Å²) < 4.78 is 5.56. The lowest BCUT2D eigenvalue weighted by molar-refractivity contribution is -0.130. The Hall–Kier alpha value is -2.24. The molecule has 6 nitrogen and oxygen atoms in total. The largest absolute Gasteiger partial charge is 0.482 e. The Balaban J connectivity index is 2.78. The lowest BCUT2D eigenvalue weighted by Gasteiger charge is -2.19. The molecule has 0 fully saturated rings. The number of hydrogen-bond donors (Lipinski definition) is 2. The molecule has 23 heavy (non-hydrogen) atoms. The van der Waals surface area contributed by atoms with Gasteiger partial charge in [-0.15, -0.1) is 0 Å². The maximum atomic E-state index is 12.1. The van der Waals surface area contributed by atoms with Crippen LogP contribution in [0.4, 0.5) is 10.5 Å². The van der Waals surface area contributed by atoms with E-state index in [1.54, 1.807) is 26.2 Å². The minimum Gasteiger partial charge on any atom is -0.482 e. The SMILES string of the molecule is Cc1ccc(NC(=O)NC(C)C(C)C)c(OCC(=O)N(C)C)c1. The molecule has 0 heterocycles. The van der Waals surface area contributed by atoms with E-state index in [9.17, 15) is 9.59 Å². The van der Waals surface area contributed by atoms with Crippen LogP contribution in [0.15, 0.2) is 18.2 Å². The van der Waals surface area contributed by atoms with Crippen molar-refractivity contribution < 1.29 is 14.3 Å². The lowest BCUT2D eigenvalue weighted by atomic mass is 10.1. The van der Waals surface area contributed by atoms with Crippen molar-refractivity contribution in [2.45, 2.75) is 33.7 Å². The molecule has 1 atom stereocenters. The molecule has 128 valence electrons. The van der Waals surface area contributed by atoms with Crippen molar-refractivity contribution in [2.24, 2.45) is 5.92 Å². The summed E-state index contributed by atoms with van der Waals surface area (Å²) in [5.41, 5.74) is 1.52. The Morgan fingerprint density at radius 2 is 1.87 bits per heavy atom. The third kappa shape index (κ3) is 6.18. The fraction of sp³-hybridized carbons (Fsp3) is 0.529. The van der Waals surface area contributed by atoms with E-state index in [2.05, 4.69) is 10.6 Å². The van der Waals surface area contributed by atoms with Crippen molar-refractivity contribution in [1.82, 2.24) is 10.2 Å². The number of carbonyl (C=O) groups excluding carboxylic acids is 2. The average molecular weight is 321 g/mol. The van der Waals surface area contributed by atoms with Crippen molar-refractivity contribution in [3.05, 3.63) is 23.8 Å². The van der Waals surface area contributed by atoms with Crippen LogP contribution < -0.4 is 15.4 Å². The van der Waals surface area contributed by atoms with Crippen molar-refractivity contribution >= 4 is 17.6 Å². The van der Waals surface area contributed by atoms with Gasteiger partial charge in [-0.3, -0.25) is 4.79 Å². The molecule has 1 rings (SSSR count). The Morgan fingerprint density at radius 1 is 1.22 bits per heavy atom. The van der Waals surface area contributed by atoms with Crippen molar-refractivity contribution in [2.75, 3.05) is 26.0 Å². The minimum absolute atomic E-state index is 0.0557. The summed E-state index contributed by atoms with van der Waals surface area (Å²) in [6, 6.07) is 5.20. The molecule has 0 aliphatic rings. The number of carbonyl (C=O) groups is 2. The highest BCUT2D eigenvalue weighted by atomic mass is 16.5. The van der Waals surface area contributed by atoms with Gasteiger partial charge >= 0.3 is 6.03 Å². The Morgan fingerprint density at radius 3 is 2.43 bits per heavy atom. The highest BCUT2D eigenvalue weighted by Gasteiger charge is 2.14. The predicted octanol–water partition coefficient (Wildman–Crippen LogP) is 2.63. The number of ether oxygens (including phenoxy) is 1. The molecule has 1 aromatic rings. The molecule has 0 spiro atoms. The second kappa shape index (κ2) is 8.41. The fourth-order valence-corrected chi connectivity index (χ4v) is 1.65. The quantitative estimate of drug-likeness (QED) is 0.846. The maximum Gasteiger partial charge on any atom is 0.319 e. The normalized spacial score (nSPS) is 11.8. The van der Waals surface area contributed by atoms with E-state index in [0.29, 0.717) is 17.4 Å². The van der Waals surface area contributed by atoms with Crippen LogP contribution in [0.5, 0.6) is 5.75 Å². The molecule has 0 aromatic heterocycles. The van der Waals surface area contributed by atoms with E-state index in [1.165, 1.54) is 4.90 Å². The number of nitrogens with one attached hydrogen (secondary N) is 2. The zero-order valence-corrected chi connectivity index (χ0v) is 14.8. The summed E-state index contributed by atoms with van der Waals surface area (Å²) in [6.07, 6.45) is 0. The van der Waals surface area contributed by atoms with E-state index in [4.69, 9.17) is 4.74 Å². The van der Waals surface area contributed by atoms with Gasteiger partial charge in [0.25, 0.3) is 5.91 Å². The molecule has 0 saturated carbocycles. The van der Waals surface area contributed by atoms with E-state index in [0.717, 1.165) is 5.56 Å². The second-order valence-corrected chi connectivity index (χ2v) is 6.21. The topological polar surface area (TPSA) is 70.7 Å². The van der Waals surface area contributed by atoms with Crippen molar-refractivity contribution in [3.63, 3.8) is 0 Å². The molecular formula is C17H27N3O3. The Kier molecular flexibility index (Phi) is 6.88. The van der Waals surface area contributed by atoms with Gasteiger partial charge in [-0.05, 0) is 37.5 Å². The zero-order chi connectivity index (χ0) is 17.6. The van der Waals surface area contributed by atoms with E-state index >= 15 is 0 Å². The number of rotatable bonds is 6. The van der Waals surface area contributed by atoms with Crippen LogP contribution in [0, 0.1) is 12.8 Å². The maximum absolute atomic E-state index is 12.1. The first kappa shape index (κ1) is 18.8. The van der Waals surface area contributed by atoms with Gasteiger partial charge in [0.05, 0.1) is 5.69 Å². The van der Waals surface area contributed by atoms with E-state index in [-0.39, 0.29) is 24.6 Å². The van der Waals surface area contributed by atoms with Gasteiger partial charge in [0.1, 0.15) is 5.75 Å².